The number of nitrogens with zero attached hydrogens (tertiary/aromatic N) is 4. The third-order valence-electron chi connectivity index (χ3n) is 7.36. The lowest BCUT2D eigenvalue weighted by atomic mass is 9.91. The first-order valence-corrected chi connectivity index (χ1v) is 14.2. The van der Waals surface area contributed by atoms with E-state index in [9.17, 15) is 14.9 Å². The summed E-state index contributed by atoms with van der Waals surface area (Å²) >= 11 is 6.85. The maximum atomic E-state index is 13.5. The number of nitriles is 1. The normalized spacial score (nSPS) is 20.5. The van der Waals surface area contributed by atoms with Crippen molar-refractivity contribution in [2.45, 2.75) is 33.6 Å². The molecule has 0 N–H and O–H groups in total. The molecule has 1 aromatic heterocycles. The zero-order valence-electron chi connectivity index (χ0n) is 23.2. The van der Waals surface area contributed by atoms with E-state index in [0.29, 0.717) is 51.1 Å². The van der Waals surface area contributed by atoms with Gasteiger partial charge in [-0.1, -0.05) is 43.9 Å². The van der Waals surface area contributed by atoms with Crippen molar-refractivity contribution < 1.29 is 14.3 Å². The smallest absolute Gasteiger partial charge is 0.270 e. The number of carbonyl (C=O) groups is 1. The Labute approximate surface area is 239 Å². The van der Waals surface area contributed by atoms with Crippen molar-refractivity contribution >= 4 is 46.1 Å². The van der Waals surface area contributed by atoms with Crippen LogP contribution in [0.5, 0.6) is 11.5 Å². The molecule has 39 heavy (non-hydrogen) atoms. The molecular formula is C29H34N4O4S2. The van der Waals surface area contributed by atoms with Crippen LogP contribution < -0.4 is 19.9 Å². The Morgan fingerprint density at radius 1 is 1.15 bits per heavy atom. The summed E-state index contributed by atoms with van der Waals surface area (Å²) in [6.07, 6.45) is 3.52. The number of piperidine rings is 1. The van der Waals surface area contributed by atoms with E-state index in [1.807, 2.05) is 24.3 Å². The number of thiocarbonyl (C=S) groups is 1. The summed E-state index contributed by atoms with van der Waals surface area (Å²) in [4.78, 5) is 30.9. The van der Waals surface area contributed by atoms with Crippen molar-refractivity contribution in [2.24, 2.45) is 18.9 Å². The zero-order valence-corrected chi connectivity index (χ0v) is 24.9. The highest BCUT2D eigenvalue weighted by atomic mass is 32.2. The Bertz CT molecular complexity index is 1430. The number of anilines is 1. The minimum absolute atomic E-state index is 0.0922. The molecule has 0 spiro atoms. The van der Waals surface area contributed by atoms with Gasteiger partial charge in [-0.3, -0.25) is 19.1 Å². The largest absolute Gasteiger partial charge is 0.493 e. The van der Waals surface area contributed by atoms with Crippen LogP contribution >= 0.6 is 24.0 Å². The molecule has 0 aliphatic carbocycles. The minimum atomic E-state index is -0.324. The van der Waals surface area contributed by atoms with Gasteiger partial charge in [-0.25, -0.2) is 0 Å². The van der Waals surface area contributed by atoms with Gasteiger partial charge >= 0.3 is 0 Å². The molecule has 2 aromatic rings. The maximum Gasteiger partial charge on any atom is 0.270 e. The molecule has 206 valence electrons. The van der Waals surface area contributed by atoms with E-state index in [4.69, 9.17) is 21.7 Å². The van der Waals surface area contributed by atoms with Gasteiger partial charge < -0.3 is 14.4 Å². The van der Waals surface area contributed by atoms with E-state index >= 15 is 0 Å². The number of thioether (sulfide) groups is 1. The molecule has 2 fully saturated rings. The SMILES string of the molecule is COc1ccc(CCN2C(=O)/C(=C/c3c(C)c(C#N)c(=O)n(C)c3N3CC(C)CC(C)C3)SC2=S)cc1OC. The van der Waals surface area contributed by atoms with Gasteiger partial charge in [0.25, 0.3) is 11.5 Å². The first-order valence-electron chi connectivity index (χ1n) is 12.9. The highest BCUT2D eigenvalue weighted by Gasteiger charge is 2.33. The lowest BCUT2D eigenvalue weighted by Crippen LogP contribution is -2.42. The van der Waals surface area contributed by atoms with E-state index < -0.39 is 0 Å². The highest BCUT2D eigenvalue weighted by molar-refractivity contribution is 8.26. The Hall–Kier alpha value is -3.29. The van der Waals surface area contributed by atoms with Gasteiger partial charge in [0.1, 0.15) is 21.8 Å². The average molecular weight is 567 g/mol. The molecule has 2 aliphatic heterocycles. The quantitative estimate of drug-likeness (QED) is 0.358. The highest BCUT2D eigenvalue weighted by Crippen LogP contribution is 2.37. The van der Waals surface area contributed by atoms with E-state index in [1.165, 1.54) is 11.8 Å². The standard InChI is InChI=1S/C29H34N4O4S2/c1-17-11-18(2)16-32(15-17)26-21(19(3)22(14-30)27(34)31(26)4)13-25-28(35)33(29(38)39-25)10-9-20-7-8-23(36-5)24(12-20)37-6/h7-8,12-13,17-18H,9-11,15-16H2,1-6H3/b25-13-. The van der Waals surface area contributed by atoms with Gasteiger partial charge in [-0.15, -0.1) is 0 Å². The summed E-state index contributed by atoms with van der Waals surface area (Å²) in [5.74, 6) is 2.76. The number of carbonyl (C=O) groups excluding carboxylic acids is 1. The van der Waals surface area contributed by atoms with E-state index in [2.05, 4.69) is 24.8 Å². The van der Waals surface area contributed by atoms with Gasteiger partial charge in [-0.2, -0.15) is 5.26 Å². The summed E-state index contributed by atoms with van der Waals surface area (Å²) in [5, 5.41) is 9.76. The van der Waals surface area contributed by atoms with Crippen molar-refractivity contribution in [2.75, 3.05) is 38.8 Å². The van der Waals surface area contributed by atoms with Gasteiger partial charge in [0.2, 0.25) is 0 Å². The molecule has 2 unspecified atom stereocenters. The summed E-state index contributed by atoms with van der Waals surface area (Å²) in [6, 6.07) is 7.76. The third kappa shape index (κ3) is 5.70. The molecule has 0 bridgehead atoms. The van der Waals surface area contributed by atoms with Crippen LogP contribution in [0.2, 0.25) is 0 Å². The Morgan fingerprint density at radius 2 is 1.82 bits per heavy atom. The summed E-state index contributed by atoms with van der Waals surface area (Å²) < 4.78 is 12.8. The van der Waals surface area contributed by atoms with Crippen LogP contribution in [0, 0.1) is 30.1 Å². The number of hydrogen-bond acceptors (Lipinski definition) is 8. The molecule has 0 saturated carbocycles. The fourth-order valence-electron chi connectivity index (χ4n) is 5.53. The molecular weight excluding hydrogens is 532 g/mol. The number of hydrogen-bond donors (Lipinski definition) is 0. The predicted octanol–water partition coefficient (Wildman–Crippen LogP) is 4.51. The van der Waals surface area contributed by atoms with E-state index in [0.717, 1.165) is 36.5 Å². The van der Waals surface area contributed by atoms with Crippen LogP contribution in [0.3, 0.4) is 0 Å². The monoisotopic (exact) mass is 566 g/mol. The van der Waals surface area contributed by atoms with Crippen molar-refractivity contribution in [3.63, 3.8) is 0 Å². The van der Waals surface area contributed by atoms with Crippen LogP contribution in [0.25, 0.3) is 6.08 Å². The minimum Gasteiger partial charge on any atom is -0.493 e. The van der Waals surface area contributed by atoms with Gasteiger partial charge in [0, 0.05) is 32.2 Å². The molecule has 2 aliphatic rings. The molecule has 8 nitrogen and oxygen atoms in total. The van der Waals surface area contributed by atoms with Crippen molar-refractivity contribution in [1.82, 2.24) is 9.47 Å². The molecule has 3 heterocycles. The number of pyridine rings is 1. The van der Waals surface area contributed by atoms with Gasteiger partial charge in [0.15, 0.2) is 11.5 Å². The number of aromatic nitrogens is 1. The predicted molar refractivity (Wildman–Crippen MR) is 159 cm³/mol. The van der Waals surface area contributed by atoms with Crippen molar-refractivity contribution in [1.29, 1.82) is 5.26 Å². The average Bonchev–Trinajstić information content (AvgIpc) is 3.17. The molecule has 4 rings (SSSR count). The number of rotatable bonds is 7. The first-order chi connectivity index (χ1) is 18.6. The van der Waals surface area contributed by atoms with Crippen LogP contribution in [-0.2, 0) is 18.3 Å². The Morgan fingerprint density at radius 3 is 2.44 bits per heavy atom. The third-order valence-corrected chi connectivity index (χ3v) is 8.74. The van der Waals surface area contributed by atoms with Gasteiger partial charge in [-0.05, 0) is 60.9 Å². The van der Waals surface area contributed by atoms with E-state index in [-0.39, 0.29) is 17.0 Å². The second kappa shape index (κ2) is 11.8. The number of methoxy groups -OCH3 is 2. The lowest BCUT2D eigenvalue weighted by Gasteiger charge is -2.38. The van der Waals surface area contributed by atoms with Crippen LogP contribution in [0.15, 0.2) is 27.9 Å². The number of benzene rings is 1. The van der Waals surface area contributed by atoms with Crippen molar-refractivity contribution in [3.05, 3.63) is 55.7 Å². The maximum absolute atomic E-state index is 13.5. The Kier molecular flexibility index (Phi) is 8.72. The fraction of sp³-hybridized carbons (Fsp3) is 0.448. The zero-order chi connectivity index (χ0) is 28.4. The fourth-order valence-corrected chi connectivity index (χ4v) is 6.82. The topological polar surface area (TPSA) is 87.8 Å². The lowest BCUT2D eigenvalue weighted by molar-refractivity contribution is -0.122. The second-order valence-corrected chi connectivity index (χ2v) is 12.0. The molecule has 10 heteroatoms. The first kappa shape index (κ1) is 28.7. The summed E-state index contributed by atoms with van der Waals surface area (Å²) in [5.41, 5.74) is 2.06. The molecule has 2 saturated heterocycles. The van der Waals surface area contributed by atoms with Gasteiger partial charge in [0.05, 0.1) is 19.1 Å². The number of ether oxygens (including phenoxy) is 2. The van der Waals surface area contributed by atoms with E-state index in [1.54, 1.807) is 37.7 Å². The van der Waals surface area contributed by atoms with Crippen LogP contribution in [0.4, 0.5) is 5.82 Å². The summed E-state index contributed by atoms with van der Waals surface area (Å²) in [7, 11) is 4.88. The summed E-state index contributed by atoms with van der Waals surface area (Å²) in [6.45, 7) is 8.22. The number of amides is 1. The molecule has 1 amide bonds. The van der Waals surface area contributed by atoms with Crippen LogP contribution in [0.1, 0.15) is 42.5 Å². The van der Waals surface area contributed by atoms with Crippen LogP contribution in [-0.4, -0.2) is 53.5 Å². The molecule has 1 aromatic carbocycles. The molecule has 0 radical (unpaired) electrons. The molecule has 2 atom stereocenters. The Balaban J connectivity index is 1.68. The van der Waals surface area contributed by atoms with Crippen molar-refractivity contribution in [3.8, 4) is 17.6 Å². The second-order valence-electron chi connectivity index (χ2n) is 10.3.